The monoisotopic (exact) mass is 279 g/mol. The minimum atomic E-state index is -4.14. The lowest BCUT2D eigenvalue weighted by Crippen LogP contribution is -2.47. The van der Waals surface area contributed by atoms with Gasteiger partial charge in [-0.1, -0.05) is 19.8 Å². The summed E-state index contributed by atoms with van der Waals surface area (Å²) in [6, 6.07) is 0.0854. The molecule has 112 valence electrons. The first-order chi connectivity index (χ1) is 8.84. The summed E-state index contributed by atoms with van der Waals surface area (Å²) >= 11 is 0. The van der Waals surface area contributed by atoms with Crippen LogP contribution in [0, 0.1) is 11.3 Å². The summed E-state index contributed by atoms with van der Waals surface area (Å²) < 4.78 is 37.9. The van der Waals surface area contributed by atoms with E-state index in [-0.39, 0.29) is 18.1 Å². The van der Waals surface area contributed by atoms with Gasteiger partial charge in [-0.05, 0) is 31.6 Å². The molecule has 0 radical (unpaired) electrons. The average molecular weight is 279 g/mol. The highest BCUT2D eigenvalue weighted by molar-refractivity contribution is 4.93. The third kappa shape index (κ3) is 4.35. The first-order valence-corrected chi connectivity index (χ1v) is 7.25. The number of aliphatic hydroxyl groups is 1. The maximum atomic E-state index is 12.6. The van der Waals surface area contributed by atoms with Crippen molar-refractivity contribution in [3.05, 3.63) is 0 Å². The van der Waals surface area contributed by atoms with Gasteiger partial charge in [-0.15, -0.1) is 0 Å². The number of halogens is 3. The second kappa shape index (κ2) is 5.60. The lowest BCUT2D eigenvalue weighted by atomic mass is 9.70. The fraction of sp³-hybridized carbons (Fsp3) is 1.00. The van der Waals surface area contributed by atoms with Gasteiger partial charge >= 0.3 is 6.18 Å². The van der Waals surface area contributed by atoms with Crippen molar-refractivity contribution in [2.24, 2.45) is 11.3 Å². The summed E-state index contributed by atoms with van der Waals surface area (Å²) in [5, 5.41) is 9.70. The molecule has 2 aliphatic carbocycles. The predicted molar refractivity (Wildman–Crippen MR) is 67.8 cm³/mol. The van der Waals surface area contributed by atoms with Gasteiger partial charge in [0.25, 0.3) is 0 Å². The van der Waals surface area contributed by atoms with Crippen molar-refractivity contribution in [2.45, 2.75) is 57.7 Å². The Balaban J connectivity index is 2.01. The lowest BCUT2D eigenvalue weighted by molar-refractivity contribution is -0.153. The highest BCUT2D eigenvalue weighted by Crippen LogP contribution is 2.42. The number of alkyl halides is 3. The molecule has 2 nitrogen and oxygen atoms in total. The Hall–Kier alpha value is -0.290. The molecule has 0 bridgehead atoms. The van der Waals surface area contributed by atoms with Crippen LogP contribution in [0.2, 0.25) is 0 Å². The first-order valence-electron chi connectivity index (χ1n) is 7.25. The van der Waals surface area contributed by atoms with Crippen LogP contribution < -0.4 is 0 Å². The third-order valence-corrected chi connectivity index (χ3v) is 4.51. The smallest absolute Gasteiger partial charge is 0.396 e. The lowest BCUT2D eigenvalue weighted by Gasteiger charge is -2.42. The molecule has 0 spiro atoms. The second-order valence-corrected chi connectivity index (χ2v) is 6.61. The Morgan fingerprint density at radius 1 is 1.26 bits per heavy atom. The molecule has 0 aromatic rings. The minimum absolute atomic E-state index is 0.0123. The number of hydrogen-bond donors (Lipinski definition) is 1. The van der Waals surface area contributed by atoms with Gasteiger partial charge in [0.1, 0.15) is 0 Å². The zero-order valence-electron chi connectivity index (χ0n) is 11.5. The van der Waals surface area contributed by atoms with E-state index in [1.165, 1.54) is 0 Å². The van der Waals surface area contributed by atoms with Crippen LogP contribution in [0.4, 0.5) is 13.2 Å². The maximum Gasteiger partial charge on any atom is 0.401 e. The molecule has 1 N–H and O–H groups in total. The standard InChI is InChI=1S/C14H24F3NO/c1-11-3-2-6-13(7-11,10-19)8-18(12-4-5-12)9-14(15,16)17/h11-12,19H,2-10H2,1H3. The van der Waals surface area contributed by atoms with Crippen molar-refractivity contribution in [1.29, 1.82) is 0 Å². The number of rotatable bonds is 5. The number of hydrogen-bond acceptors (Lipinski definition) is 2. The largest absolute Gasteiger partial charge is 0.401 e. The Morgan fingerprint density at radius 2 is 1.95 bits per heavy atom. The molecular formula is C14H24F3NO. The summed E-state index contributed by atoms with van der Waals surface area (Å²) in [4.78, 5) is 1.56. The molecule has 0 aromatic carbocycles. The van der Waals surface area contributed by atoms with Crippen LogP contribution in [0.5, 0.6) is 0 Å². The van der Waals surface area contributed by atoms with Crippen molar-refractivity contribution in [3.63, 3.8) is 0 Å². The summed E-state index contributed by atoms with van der Waals surface area (Å²) in [5.74, 6) is 0.507. The molecule has 2 rings (SSSR count). The number of aliphatic hydroxyl groups excluding tert-OH is 1. The van der Waals surface area contributed by atoms with Crippen molar-refractivity contribution >= 4 is 0 Å². The van der Waals surface area contributed by atoms with Gasteiger partial charge in [0, 0.05) is 24.6 Å². The van der Waals surface area contributed by atoms with E-state index in [0.29, 0.717) is 12.5 Å². The average Bonchev–Trinajstić information content (AvgIpc) is 3.10. The van der Waals surface area contributed by atoms with Gasteiger partial charge < -0.3 is 5.11 Å². The second-order valence-electron chi connectivity index (χ2n) is 6.61. The van der Waals surface area contributed by atoms with E-state index in [9.17, 15) is 18.3 Å². The zero-order valence-corrected chi connectivity index (χ0v) is 11.5. The van der Waals surface area contributed by atoms with Crippen LogP contribution in [0.3, 0.4) is 0 Å². The molecule has 19 heavy (non-hydrogen) atoms. The van der Waals surface area contributed by atoms with E-state index in [2.05, 4.69) is 6.92 Å². The summed E-state index contributed by atoms with van der Waals surface area (Å²) in [7, 11) is 0. The van der Waals surface area contributed by atoms with Crippen LogP contribution in [0.25, 0.3) is 0 Å². The normalized spacial score (nSPS) is 32.8. The maximum absolute atomic E-state index is 12.6. The van der Waals surface area contributed by atoms with Crippen LogP contribution >= 0.6 is 0 Å². The van der Waals surface area contributed by atoms with Gasteiger partial charge in [-0.25, -0.2) is 0 Å². The fourth-order valence-electron chi connectivity index (χ4n) is 3.52. The van der Waals surface area contributed by atoms with E-state index < -0.39 is 12.7 Å². The molecule has 5 heteroatoms. The molecule has 0 saturated heterocycles. The van der Waals surface area contributed by atoms with Crippen molar-refractivity contribution < 1.29 is 18.3 Å². The topological polar surface area (TPSA) is 23.5 Å². The van der Waals surface area contributed by atoms with E-state index in [1.807, 2.05) is 0 Å². The van der Waals surface area contributed by atoms with Crippen LogP contribution in [0.1, 0.15) is 45.4 Å². The van der Waals surface area contributed by atoms with E-state index in [4.69, 9.17) is 0 Å². The van der Waals surface area contributed by atoms with Gasteiger partial charge in [0.15, 0.2) is 0 Å². The molecule has 2 unspecified atom stereocenters. The zero-order chi connectivity index (χ0) is 14.1. The van der Waals surface area contributed by atoms with Crippen LogP contribution in [0.15, 0.2) is 0 Å². The van der Waals surface area contributed by atoms with Gasteiger partial charge in [0.05, 0.1) is 6.54 Å². The predicted octanol–water partition coefficient (Wildman–Crippen LogP) is 3.20. The van der Waals surface area contributed by atoms with E-state index in [1.54, 1.807) is 4.90 Å². The minimum Gasteiger partial charge on any atom is -0.396 e. The Labute approximate surface area is 113 Å². The van der Waals surface area contributed by atoms with Crippen molar-refractivity contribution in [2.75, 3.05) is 19.7 Å². The van der Waals surface area contributed by atoms with Crippen molar-refractivity contribution in [1.82, 2.24) is 4.90 Å². The first kappa shape index (κ1) is 15.1. The Bertz CT molecular complexity index is 304. The summed E-state index contributed by atoms with van der Waals surface area (Å²) in [5.41, 5.74) is -0.314. The molecule has 2 aliphatic rings. The van der Waals surface area contributed by atoms with Crippen LogP contribution in [-0.2, 0) is 0 Å². The fourth-order valence-corrected chi connectivity index (χ4v) is 3.52. The molecule has 2 atom stereocenters. The van der Waals surface area contributed by atoms with E-state index in [0.717, 1.165) is 38.5 Å². The molecular weight excluding hydrogens is 255 g/mol. The third-order valence-electron chi connectivity index (χ3n) is 4.51. The molecule has 0 aromatic heterocycles. The Kier molecular flexibility index (Phi) is 4.45. The summed E-state index contributed by atoms with van der Waals surface area (Å²) in [6.45, 7) is 1.72. The molecule has 0 aliphatic heterocycles. The Morgan fingerprint density at radius 3 is 2.42 bits per heavy atom. The highest BCUT2D eigenvalue weighted by Gasteiger charge is 2.43. The van der Waals surface area contributed by atoms with E-state index >= 15 is 0 Å². The SMILES string of the molecule is CC1CCCC(CO)(CN(CC(F)(F)F)C2CC2)C1. The quantitative estimate of drug-likeness (QED) is 0.835. The van der Waals surface area contributed by atoms with Gasteiger partial charge in [-0.2, -0.15) is 13.2 Å². The van der Waals surface area contributed by atoms with Crippen molar-refractivity contribution in [3.8, 4) is 0 Å². The van der Waals surface area contributed by atoms with Gasteiger partial charge in [0.2, 0.25) is 0 Å². The molecule has 2 saturated carbocycles. The van der Waals surface area contributed by atoms with Gasteiger partial charge in [-0.3, -0.25) is 4.90 Å². The molecule has 2 fully saturated rings. The van der Waals surface area contributed by atoms with Crippen LogP contribution in [-0.4, -0.2) is 41.9 Å². The number of nitrogens with zero attached hydrogens (tertiary/aromatic N) is 1. The molecule has 0 amide bonds. The highest BCUT2D eigenvalue weighted by atomic mass is 19.4. The summed E-state index contributed by atoms with van der Waals surface area (Å²) in [6.07, 6.45) is 1.45. The molecule has 0 heterocycles.